The van der Waals surface area contributed by atoms with Crippen molar-refractivity contribution in [2.75, 3.05) is 84.3 Å². The summed E-state index contributed by atoms with van der Waals surface area (Å²) in [5, 5.41) is 116. The van der Waals surface area contributed by atoms with Gasteiger partial charge in [0.25, 0.3) is 23.6 Å². The molecule has 10 aromatic rings. The molecule has 15 rings (SSSR count). The van der Waals surface area contributed by atoms with Gasteiger partial charge in [0.15, 0.2) is 11.6 Å². The Morgan fingerprint density at radius 2 is 0.793 bits per heavy atom. The Bertz CT molecular complexity index is 6460. The van der Waals surface area contributed by atoms with E-state index in [-0.39, 0.29) is 195 Å². The molecular formula is C92H101F5N28O15. The fourth-order valence-corrected chi connectivity index (χ4v) is 17.3. The minimum atomic E-state index is -1.64. The average Bonchev–Trinajstić information content (AvgIpc) is 1.59. The topological polar surface area (TPSA) is 614 Å². The molecule has 48 heteroatoms. The second-order valence-electron chi connectivity index (χ2n) is 34.1. The maximum atomic E-state index is 15.9. The second-order valence-corrected chi connectivity index (χ2v) is 34.1. The third kappa shape index (κ3) is 23.0. The van der Waals surface area contributed by atoms with E-state index in [2.05, 4.69) is 84.9 Å². The van der Waals surface area contributed by atoms with E-state index in [1.807, 2.05) is 45.0 Å². The second kappa shape index (κ2) is 44.7. The maximum absolute atomic E-state index is 15.9. The SMILES string of the molecule is C=Cc1cc(F)c(CN2CCC(CC#N)(n3cc(C(N)=O)c(NC(=O)OC)n3)C(F)C2)cc1O.C=Cc1ccc(CN2CCC(CC#N)(n3cc(C(N)=O)c(NC(=O)OC)n3)C(F)C2)cc1O.COC(=O)Cc1nn(C2(CC#N)CCN(Cc3ccc(-n4nccn4)c(O)c3)CC2F)cc1C(N)=O.N#CCC1(n2cc(C(N)=O)c(CC(=O)C3CC3)n2)CCN(Cc2ccc(-n3nccn3)c(O)c2)CC1F. The van der Waals surface area contributed by atoms with Crippen LogP contribution in [-0.2, 0) is 85.0 Å². The lowest BCUT2D eigenvalue weighted by atomic mass is 9.83. The number of piperidine rings is 4. The first-order valence-electron chi connectivity index (χ1n) is 43.7. The van der Waals surface area contributed by atoms with Crippen LogP contribution in [0.1, 0.15) is 150 Å². The van der Waals surface area contributed by atoms with Gasteiger partial charge in [0.05, 0.1) is 131 Å². The molecule has 43 nitrogen and oxygen atoms in total. The number of nitrogens with one attached hydrogen (secondary N) is 2. The predicted molar refractivity (Wildman–Crippen MR) is 487 cm³/mol. The van der Waals surface area contributed by atoms with E-state index in [0.29, 0.717) is 56.2 Å². The summed E-state index contributed by atoms with van der Waals surface area (Å²) in [6.07, 6.45) is 7.41. The number of nitrogens with two attached hydrogens (primary N) is 4. The first-order valence-corrected chi connectivity index (χ1v) is 43.7. The number of phenolic OH excluding ortho intramolecular Hbond substituents is 4. The molecule has 0 radical (unpaired) electrons. The van der Waals surface area contributed by atoms with E-state index < -0.39 is 94.4 Å². The number of phenols is 4. The molecule has 0 bridgehead atoms. The molecule has 14 N–H and O–H groups in total. The lowest BCUT2D eigenvalue weighted by Gasteiger charge is -2.43. The van der Waals surface area contributed by atoms with Gasteiger partial charge in [-0.1, -0.05) is 49.6 Å². The summed E-state index contributed by atoms with van der Waals surface area (Å²) in [5.41, 5.74) is 20.7. The van der Waals surface area contributed by atoms with Crippen molar-refractivity contribution < 1.29 is 94.9 Å². The molecule has 4 aliphatic heterocycles. The minimum absolute atomic E-state index is 0.00280. The van der Waals surface area contributed by atoms with Crippen molar-refractivity contribution in [3.63, 3.8) is 0 Å². The Morgan fingerprint density at radius 1 is 0.457 bits per heavy atom. The van der Waals surface area contributed by atoms with E-state index in [0.717, 1.165) is 54.5 Å². The number of esters is 1. The van der Waals surface area contributed by atoms with Gasteiger partial charge in [-0.2, -0.15) is 61.8 Å². The molecule has 5 fully saturated rings. The number of likely N-dealkylation sites (tertiary alicyclic amines) is 4. The number of alkyl halides is 4. The molecule has 1 saturated carbocycles. The number of methoxy groups -OCH3 is 3. The first kappa shape index (κ1) is 103. The Kier molecular flexibility index (Phi) is 32.7. The number of nitriles is 4. The number of rotatable bonds is 31. The summed E-state index contributed by atoms with van der Waals surface area (Å²) >= 11 is 0. The number of ether oxygens (including phenoxy) is 3. The van der Waals surface area contributed by atoms with Crippen LogP contribution in [-0.4, -0.2) is 255 Å². The number of hydrogen-bond donors (Lipinski definition) is 10. The van der Waals surface area contributed by atoms with Gasteiger partial charge in [0.1, 0.15) is 104 Å². The van der Waals surface area contributed by atoms with Crippen LogP contribution < -0.4 is 33.6 Å². The van der Waals surface area contributed by atoms with Crippen LogP contribution in [0.15, 0.2) is 129 Å². The van der Waals surface area contributed by atoms with Crippen molar-refractivity contribution in [3.05, 3.63) is 202 Å². The number of halogens is 5. The molecule has 5 aliphatic rings. The van der Waals surface area contributed by atoms with Crippen molar-refractivity contribution in [2.24, 2.45) is 28.9 Å². The van der Waals surface area contributed by atoms with Crippen molar-refractivity contribution in [2.45, 2.75) is 150 Å². The Labute approximate surface area is 796 Å². The van der Waals surface area contributed by atoms with Crippen LogP contribution in [0, 0.1) is 57.1 Å². The summed E-state index contributed by atoms with van der Waals surface area (Å²) < 4.78 is 96.1. The van der Waals surface area contributed by atoms with Gasteiger partial charge in [0.2, 0.25) is 0 Å². The van der Waals surface area contributed by atoms with Crippen molar-refractivity contribution in [1.82, 2.24) is 88.7 Å². The van der Waals surface area contributed by atoms with Gasteiger partial charge in [-0.05, 0) is 97.7 Å². The summed E-state index contributed by atoms with van der Waals surface area (Å²) in [6.45, 7) is 9.72. The Morgan fingerprint density at radius 3 is 1.11 bits per heavy atom. The van der Waals surface area contributed by atoms with E-state index >= 15 is 17.6 Å². The number of benzene rings is 4. The average molecular weight is 1930 g/mol. The number of aromatic nitrogens is 14. The molecule has 6 amide bonds. The van der Waals surface area contributed by atoms with E-state index in [1.54, 1.807) is 53.4 Å². The van der Waals surface area contributed by atoms with Crippen LogP contribution in [0.5, 0.6) is 23.0 Å². The molecule has 0 spiro atoms. The first-order chi connectivity index (χ1) is 66.9. The van der Waals surface area contributed by atoms with Crippen molar-refractivity contribution in [1.29, 1.82) is 21.0 Å². The monoisotopic (exact) mass is 1930 g/mol. The van der Waals surface area contributed by atoms with E-state index in [1.165, 1.54) is 92.5 Å². The van der Waals surface area contributed by atoms with Gasteiger partial charge in [-0.25, -0.2) is 31.5 Å². The lowest BCUT2D eigenvalue weighted by molar-refractivity contribution is -0.139. The van der Waals surface area contributed by atoms with Crippen LogP contribution in [0.2, 0.25) is 0 Å². The van der Waals surface area contributed by atoms with Crippen LogP contribution in [0.25, 0.3) is 23.5 Å². The third-order valence-corrected chi connectivity index (χ3v) is 25.3. The summed E-state index contributed by atoms with van der Waals surface area (Å²) in [7, 11) is 3.47. The fraction of sp³-hybridized carbons (Fsp3) is 0.391. The molecule has 4 aromatic carbocycles. The van der Waals surface area contributed by atoms with Gasteiger partial charge in [0, 0.05) is 126 Å². The molecule has 6 aromatic heterocycles. The molecule has 4 saturated heterocycles. The van der Waals surface area contributed by atoms with Gasteiger partial charge >= 0.3 is 18.2 Å². The molecule has 8 atom stereocenters. The van der Waals surface area contributed by atoms with Crippen LogP contribution in [0.3, 0.4) is 0 Å². The normalized spacial score (nSPS) is 20.8. The Hall–Kier alpha value is -16.3. The number of hydrogen-bond acceptors (Lipinski definition) is 31. The maximum Gasteiger partial charge on any atom is 0.412 e. The number of anilines is 2. The van der Waals surface area contributed by atoms with Crippen molar-refractivity contribution >= 4 is 71.4 Å². The minimum Gasteiger partial charge on any atom is -0.507 e. The zero-order valence-corrected chi connectivity index (χ0v) is 76.2. The zero-order chi connectivity index (χ0) is 101. The Balaban J connectivity index is 0.000000167. The predicted octanol–water partition coefficient (Wildman–Crippen LogP) is 7.34. The number of carbonyl (C=O) groups excluding carboxylic acids is 8. The number of nitrogens with zero attached hydrogens (tertiary/aromatic N) is 22. The van der Waals surface area contributed by atoms with E-state index in [4.69, 9.17) is 22.9 Å². The van der Waals surface area contributed by atoms with Gasteiger partial charge in [-0.15, -0.1) is 9.59 Å². The molecule has 1 aliphatic carbocycles. The molecule has 140 heavy (non-hydrogen) atoms. The zero-order valence-electron chi connectivity index (χ0n) is 76.2. The highest BCUT2D eigenvalue weighted by Gasteiger charge is 2.52. The third-order valence-electron chi connectivity index (χ3n) is 25.3. The lowest BCUT2D eigenvalue weighted by Crippen LogP contribution is -2.54. The number of primary amides is 4. The molecule has 734 valence electrons. The quantitative estimate of drug-likeness (QED) is 0.0115. The molecule has 8 unspecified atom stereocenters. The standard InChI is InChI=1S/C25H27FN8O3.C23H25FN8O4.C22H24F2N6O4.C22H25FN6O4/c26-23-15-32(13-16-1-4-20(22(36)11-16)34-29-8-9-30-34)10-6-25(23,5-7-27)33-14-18(24(28)37)19(31-33)12-21(35)17-2-3-17;1-36-21(34)11-17-16(22(26)35)13-31(29-17)23(4-6-25)5-9-30(14-20(23)24)12-15-2-3-18(19(33)10-15)32-27-7-8-28-32;1-3-13-8-16(23)14(9-17(13)31)10-29-7-5-22(4-6-25,18(24)12-29)30-11-15(19(26)32)20(28-30)27-21(33)34-2;1-3-15-5-4-14(10-17(15)30)11-28-9-7-22(6-8-24,18(23)13-28)29-12-16(19(25)31)20(27-29)26-21(32)33-2/h1,4,8-9,11,14,17,23,36H,2-3,5-6,10,12-13,15H2,(H2,28,37);2-3,7-8,10,13,20,33H,4-5,9,11-12,14H2,1H3,(H2,26,35);3,8-9,11,18,31H,1,4-5,7,10,12H2,2H3,(H2,26,32)(H,27,28,33);3-5,10,12,18,30H,1,6-7,9,11,13H2,2H3,(H2,25,31)(H,26,27,32). The smallest absolute Gasteiger partial charge is 0.412 e. The number of amides is 6. The summed E-state index contributed by atoms with van der Waals surface area (Å²) in [5.74, 6) is -4.96. The number of ketones is 1. The summed E-state index contributed by atoms with van der Waals surface area (Å²) in [4.78, 5) is 105. The molecular weight excluding hydrogens is 1830 g/mol. The van der Waals surface area contributed by atoms with Gasteiger partial charge in [-0.3, -0.25) is 77.7 Å². The summed E-state index contributed by atoms with van der Waals surface area (Å²) in [6, 6.07) is 25.9. The molecule has 10 heterocycles. The van der Waals surface area contributed by atoms with E-state index in [9.17, 15) is 84.2 Å². The highest BCUT2D eigenvalue weighted by Crippen LogP contribution is 2.44. The van der Waals surface area contributed by atoms with Crippen LogP contribution >= 0.6 is 0 Å². The largest absolute Gasteiger partial charge is 0.507 e. The van der Waals surface area contributed by atoms with Crippen molar-refractivity contribution in [3.8, 4) is 58.6 Å². The number of aromatic hydroxyl groups is 4. The highest BCUT2D eigenvalue weighted by molar-refractivity contribution is 6.01. The number of carbonyl (C=O) groups is 8. The van der Waals surface area contributed by atoms with Crippen LogP contribution in [0.4, 0.5) is 43.2 Å². The highest BCUT2D eigenvalue weighted by atomic mass is 19.1. The number of Topliss-reactive ketones (excluding diaryl/α,β-unsaturated/α-hetero) is 1. The van der Waals surface area contributed by atoms with Gasteiger partial charge < -0.3 is 57.6 Å². The fourth-order valence-electron chi connectivity index (χ4n) is 17.3.